The molecule has 3 nitrogen and oxygen atoms in total. The quantitative estimate of drug-likeness (QED) is 0.860. The molecule has 1 aliphatic carbocycles. The van der Waals surface area contributed by atoms with Crippen LogP contribution in [-0.4, -0.2) is 23.6 Å². The lowest BCUT2D eigenvalue weighted by Gasteiger charge is -2.38. The van der Waals surface area contributed by atoms with E-state index in [2.05, 4.69) is 34.4 Å². The molecular weight excluding hydrogens is 246 g/mol. The summed E-state index contributed by atoms with van der Waals surface area (Å²) in [7, 11) is 0. The van der Waals surface area contributed by atoms with Gasteiger partial charge in [0, 0.05) is 48.8 Å². The molecule has 0 bridgehead atoms. The van der Waals surface area contributed by atoms with Crippen molar-refractivity contribution in [2.45, 2.75) is 70.5 Å². The standard InChI is InChI=1S/C17H27N3/c1-2-5-16-6-3-4-11-20(16)17-9-10-18-12-14(17)13-19-15-7-8-15/h9-10,12,15-16,19H,2-8,11,13H2,1H3. The highest BCUT2D eigenvalue weighted by atomic mass is 15.2. The molecule has 3 rings (SSSR count). The number of nitrogens with one attached hydrogen (secondary N) is 1. The molecule has 2 fully saturated rings. The van der Waals surface area contributed by atoms with E-state index in [0.29, 0.717) is 0 Å². The van der Waals surface area contributed by atoms with Gasteiger partial charge in [-0.1, -0.05) is 13.3 Å². The van der Waals surface area contributed by atoms with Crippen LogP contribution >= 0.6 is 0 Å². The highest BCUT2D eigenvalue weighted by Crippen LogP contribution is 2.30. The van der Waals surface area contributed by atoms with Crippen molar-refractivity contribution in [3.63, 3.8) is 0 Å². The van der Waals surface area contributed by atoms with Gasteiger partial charge in [-0.15, -0.1) is 0 Å². The molecule has 0 aromatic carbocycles. The predicted octanol–water partition coefficient (Wildman–Crippen LogP) is 3.49. The number of pyridine rings is 1. The van der Waals surface area contributed by atoms with E-state index >= 15 is 0 Å². The Hall–Kier alpha value is -1.09. The number of hydrogen-bond acceptors (Lipinski definition) is 3. The summed E-state index contributed by atoms with van der Waals surface area (Å²) < 4.78 is 0. The minimum Gasteiger partial charge on any atom is -0.368 e. The van der Waals surface area contributed by atoms with Gasteiger partial charge in [-0.2, -0.15) is 0 Å². The first-order chi connectivity index (χ1) is 9.88. The van der Waals surface area contributed by atoms with Crippen LogP contribution in [0.1, 0.15) is 57.4 Å². The van der Waals surface area contributed by atoms with E-state index in [9.17, 15) is 0 Å². The van der Waals surface area contributed by atoms with Gasteiger partial charge < -0.3 is 10.2 Å². The molecule has 1 aromatic rings. The molecule has 1 N–H and O–H groups in total. The summed E-state index contributed by atoms with van der Waals surface area (Å²) in [5.74, 6) is 0. The third-order valence-corrected chi connectivity index (χ3v) is 4.59. The van der Waals surface area contributed by atoms with E-state index in [0.717, 1.165) is 18.6 Å². The lowest BCUT2D eigenvalue weighted by atomic mass is 9.97. The molecular formula is C17H27N3. The number of nitrogens with zero attached hydrogens (tertiary/aromatic N) is 2. The Morgan fingerprint density at radius 2 is 2.20 bits per heavy atom. The number of aromatic nitrogens is 1. The molecule has 1 unspecified atom stereocenters. The van der Waals surface area contributed by atoms with Gasteiger partial charge in [-0.25, -0.2) is 0 Å². The van der Waals surface area contributed by atoms with Crippen molar-refractivity contribution in [1.82, 2.24) is 10.3 Å². The van der Waals surface area contributed by atoms with Gasteiger partial charge in [0.25, 0.3) is 0 Å². The maximum absolute atomic E-state index is 4.34. The first kappa shape index (κ1) is 13.9. The van der Waals surface area contributed by atoms with Gasteiger partial charge in [0.2, 0.25) is 0 Å². The van der Waals surface area contributed by atoms with E-state index in [4.69, 9.17) is 0 Å². The largest absolute Gasteiger partial charge is 0.368 e. The number of hydrogen-bond donors (Lipinski definition) is 1. The summed E-state index contributed by atoms with van der Waals surface area (Å²) in [6, 6.07) is 3.71. The first-order valence-corrected chi connectivity index (χ1v) is 8.31. The lowest BCUT2D eigenvalue weighted by Crippen LogP contribution is -2.40. The van der Waals surface area contributed by atoms with Crippen LogP contribution in [0, 0.1) is 0 Å². The maximum atomic E-state index is 4.34. The second kappa shape index (κ2) is 6.57. The third kappa shape index (κ3) is 3.32. The van der Waals surface area contributed by atoms with Gasteiger partial charge in [0.1, 0.15) is 0 Å². The Kier molecular flexibility index (Phi) is 4.56. The third-order valence-electron chi connectivity index (χ3n) is 4.59. The molecule has 20 heavy (non-hydrogen) atoms. The van der Waals surface area contributed by atoms with Crippen LogP contribution in [0.3, 0.4) is 0 Å². The molecule has 3 heteroatoms. The van der Waals surface area contributed by atoms with Gasteiger partial charge in [0.05, 0.1) is 0 Å². The summed E-state index contributed by atoms with van der Waals surface area (Å²) in [6.07, 6.45) is 13.4. The molecule has 1 aromatic heterocycles. The van der Waals surface area contributed by atoms with E-state index in [1.54, 1.807) is 0 Å². The number of piperidine rings is 1. The summed E-state index contributed by atoms with van der Waals surface area (Å²) in [4.78, 5) is 6.99. The fraction of sp³-hybridized carbons (Fsp3) is 0.706. The normalized spacial score (nSPS) is 23.1. The summed E-state index contributed by atoms with van der Waals surface area (Å²) in [5.41, 5.74) is 2.80. The molecule has 1 aliphatic heterocycles. The molecule has 110 valence electrons. The van der Waals surface area contributed by atoms with Gasteiger partial charge in [-0.3, -0.25) is 4.98 Å². The SMILES string of the molecule is CCCC1CCCCN1c1ccncc1CNC1CC1. The van der Waals surface area contributed by atoms with Crippen LogP contribution in [-0.2, 0) is 6.54 Å². The minimum atomic E-state index is 0.732. The zero-order valence-corrected chi connectivity index (χ0v) is 12.6. The Morgan fingerprint density at radius 1 is 1.30 bits per heavy atom. The van der Waals surface area contributed by atoms with E-state index in [1.807, 2.05) is 6.20 Å². The maximum Gasteiger partial charge on any atom is 0.0445 e. The minimum absolute atomic E-state index is 0.732. The summed E-state index contributed by atoms with van der Waals surface area (Å²) in [6.45, 7) is 4.49. The average Bonchev–Trinajstić information content (AvgIpc) is 3.31. The van der Waals surface area contributed by atoms with Gasteiger partial charge in [0.15, 0.2) is 0 Å². The highest BCUT2D eigenvalue weighted by Gasteiger charge is 2.25. The summed E-state index contributed by atoms with van der Waals surface area (Å²) >= 11 is 0. The molecule has 0 radical (unpaired) electrons. The van der Waals surface area contributed by atoms with Crippen molar-refractivity contribution in [2.24, 2.45) is 0 Å². The van der Waals surface area contributed by atoms with Crippen LogP contribution in [0.4, 0.5) is 5.69 Å². The molecule has 1 saturated carbocycles. The van der Waals surface area contributed by atoms with Crippen molar-refractivity contribution in [1.29, 1.82) is 0 Å². The second-order valence-corrected chi connectivity index (χ2v) is 6.29. The monoisotopic (exact) mass is 273 g/mol. The van der Waals surface area contributed by atoms with E-state index in [1.165, 1.54) is 62.7 Å². The van der Waals surface area contributed by atoms with Crippen molar-refractivity contribution >= 4 is 5.69 Å². The smallest absolute Gasteiger partial charge is 0.0445 e. The number of anilines is 1. The van der Waals surface area contributed by atoms with Crippen LogP contribution < -0.4 is 10.2 Å². The van der Waals surface area contributed by atoms with Crippen molar-refractivity contribution in [3.8, 4) is 0 Å². The zero-order chi connectivity index (χ0) is 13.8. The van der Waals surface area contributed by atoms with Crippen molar-refractivity contribution < 1.29 is 0 Å². The first-order valence-electron chi connectivity index (χ1n) is 8.31. The fourth-order valence-electron chi connectivity index (χ4n) is 3.33. The fourth-order valence-corrected chi connectivity index (χ4v) is 3.33. The molecule has 1 atom stereocenters. The molecule has 0 spiro atoms. The average molecular weight is 273 g/mol. The van der Waals surface area contributed by atoms with Crippen LogP contribution in [0.25, 0.3) is 0 Å². The van der Waals surface area contributed by atoms with Crippen LogP contribution in [0.2, 0.25) is 0 Å². The Bertz CT molecular complexity index is 426. The lowest BCUT2D eigenvalue weighted by molar-refractivity contribution is 0.433. The van der Waals surface area contributed by atoms with Gasteiger partial charge in [-0.05, 0) is 44.6 Å². The topological polar surface area (TPSA) is 28.2 Å². The van der Waals surface area contributed by atoms with Crippen molar-refractivity contribution in [3.05, 3.63) is 24.0 Å². The molecule has 1 saturated heterocycles. The molecule has 0 amide bonds. The Balaban J connectivity index is 1.75. The molecule has 2 heterocycles. The van der Waals surface area contributed by atoms with Crippen LogP contribution in [0.15, 0.2) is 18.5 Å². The van der Waals surface area contributed by atoms with E-state index < -0.39 is 0 Å². The molecule has 2 aliphatic rings. The van der Waals surface area contributed by atoms with Crippen LogP contribution in [0.5, 0.6) is 0 Å². The van der Waals surface area contributed by atoms with Gasteiger partial charge >= 0.3 is 0 Å². The summed E-state index contributed by atoms with van der Waals surface area (Å²) in [5, 5.41) is 3.63. The zero-order valence-electron chi connectivity index (χ0n) is 12.6. The van der Waals surface area contributed by atoms with Crippen molar-refractivity contribution in [2.75, 3.05) is 11.4 Å². The second-order valence-electron chi connectivity index (χ2n) is 6.29. The predicted molar refractivity (Wildman–Crippen MR) is 84.0 cm³/mol. The Labute approximate surface area is 122 Å². The Morgan fingerprint density at radius 3 is 3.00 bits per heavy atom. The van der Waals surface area contributed by atoms with E-state index in [-0.39, 0.29) is 0 Å². The number of rotatable bonds is 6. The highest BCUT2D eigenvalue weighted by molar-refractivity contribution is 5.53.